The van der Waals surface area contributed by atoms with Crippen molar-refractivity contribution in [3.05, 3.63) is 84.1 Å². The lowest BCUT2D eigenvalue weighted by molar-refractivity contribution is -0.226. The Morgan fingerprint density at radius 1 is 1.04 bits per heavy atom. The van der Waals surface area contributed by atoms with Crippen LogP contribution in [-0.2, 0) is 25.8 Å². The predicted octanol–water partition coefficient (Wildman–Crippen LogP) is 4.18. The van der Waals surface area contributed by atoms with Crippen LogP contribution in [0.15, 0.2) is 72.8 Å². The van der Waals surface area contributed by atoms with E-state index in [1.807, 2.05) is 50.2 Å². The molecule has 5 rings (SSSR count). The van der Waals surface area contributed by atoms with Gasteiger partial charge in [0.1, 0.15) is 6.04 Å². The van der Waals surface area contributed by atoms with Crippen molar-refractivity contribution in [1.82, 2.24) is 30.1 Å². The van der Waals surface area contributed by atoms with Gasteiger partial charge in [-0.1, -0.05) is 50.2 Å². The molecule has 0 unspecified atom stereocenters. The van der Waals surface area contributed by atoms with Gasteiger partial charge in [0.05, 0.1) is 11.9 Å². The van der Waals surface area contributed by atoms with Crippen LogP contribution in [0.5, 0.6) is 0 Å². The van der Waals surface area contributed by atoms with Crippen molar-refractivity contribution in [2.45, 2.75) is 77.1 Å². The molecule has 2 saturated heterocycles. The minimum Gasteiger partial charge on any atom is -0.313 e. The summed E-state index contributed by atoms with van der Waals surface area (Å²) in [6, 6.07) is 15.0. The summed E-state index contributed by atoms with van der Waals surface area (Å²) >= 11 is 0. The Bertz CT molecular complexity index is 1360. The third-order valence-corrected chi connectivity index (χ3v) is 8.61. The van der Waals surface area contributed by atoms with E-state index in [-0.39, 0.29) is 23.8 Å². The van der Waals surface area contributed by atoms with E-state index < -0.39 is 18.1 Å². The summed E-state index contributed by atoms with van der Waals surface area (Å²) in [5.41, 5.74) is 1.86. The van der Waals surface area contributed by atoms with Crippen LogP contribution in [0.2, 0.25) is 0 Å². The van der Waals surface area contributed by atoms with Crippen LogP contribution >= 0.6 is 0 Å². The van der Waals surface area contributed by atoms with Crippen LogP contribution in [0, 0.1) is 5.92 Å². The number of pyridine rings is 1. The van der Waals surface area contributed by atoms with Gasteiger partial charge in [-0.15, -0.1) is 0 Å². The van der Waals surface area contributed by atoms with Crippen LogP contribution in [0.25, 0.3) is 6.08 Å². The van der Waals surface area contributed by atoms with Gasteiger partial charge >= 0.3 is 0 Å². The fraction of sp³-hybridized carbons (Fsp3) is 0.486. The number of fused-ring (bicyclic) bond motifs is 1. The SMILES string of the molecule is CC(C)C[C@H]1ON(C(=O)/C=C/c2ccccn2)C2=CN(C3CCN(C)CC3)C(=O)[C@H](CCCCNCc3ccccc3)N2C1=O. The van der Waals surface area contributed by atoms with Crippen LogP contribution in [-0.4, -0.2) is 87.3 Å². The number of carbonyl (C=O) groups is 3. The van der Waals surface area contributed by atoms with E-state index in [2.05, 4.69) is 34.4 Å². The molecule has 1 aromatic carbocycles. The Hall–Kier alpha value is -3.86. The number of hydrogen-bond donors (Lipinski definition) is 1. The summed E-state index contributed by atoms with van der Waals surface area (Å²) in [5.74, 6) is -0.325. The number of piperidine rings is 1. The van der Waals surface area contributed by atoms with Gasteiger partial charge in [0.2, 0.25) is 5.91 Å². The number of hydrogen-bond acceptors (Lipinski definition) is 7. The van der Waals surface area contributed by atoms with Crippen LogP contribution in [0.1, 0.15) is 63.6 Å². The van der Waals surface area contributed by atoms with Gasteiger partial charge in [-0.25, -0.2) is 0 Å². The number of hydroxylamine groups is 2. The van der Waals surface area contributed by atoms with Gasteiger partial charge in [0.15, 0.2) is 11.9 Å². The van der Waals surface area contributed by atoms with E-state index in [4.69, 9.17) is 4.84 Å². The smallest absolute Gasteiger partial charge is 0.276 e. The Kier molecular flexibility index (Phi) is 11.2. The molecule has 10 nitrogen and oxygen atoms in total. The van der Waals surface area contributed by atoms with Crippen molar-refractivity contribution in [2.75, 3.05) is 26.7 Å². The molecule has 1 aromatic heterocycles. The summed E-state index contributed by atoms with van der Waals surface area (Å²) in [4.78, 5) is 58.0. The fourth-order valence-electron chi connectivity index (χ4n) is 6.15. The number of carbonyl (C=O) groups excluding carboxylic acids is 3. The number of nitrogens with zero attached hydrogens (tertiary/aromatic N) is 5. The van der Waals surface area contributed by atoms with Gasteiger partial charge in [-0.05, 0) is 94.9 Å². The molecule has 10 heteroatoms. The molecule has 3 aliphatic heterocycles. The highest BCUT2D eigenvalue weighted by molar-refractivity contribution is 5.97. The number of unbranched alkanes of at least 4 members (excludes halogenated alkanes) is 1. The lowest BCUT2D eigenvalue weighted by Gasteiger charge is -2.49. The molecule has 1 N–H and O–H groups in total. The van der Waals surface area contributed by atoms with Gasteiger partial charge in [-0.2, -0.15) is 5.06 Å². The summed E-state index contributed by atoms with van der Waals surface area (Å²) in [6.07, 6.45) is 9.68. The lowest BCUT2D eigenvalue weighted by Crippen LogP contribution is -2.64. The number of aromatic nitrogens is 1. The van der Waals surface area contributed by atoms with E-state index in [0.29, 0.717) is 24.4 Å². The number of amides is 3. The van der Waals surface area contributed by atoms with Crippen LogP contribution in [0.4, 0.5) is 0 Å². The zero-order chi connectivity index (χ0) is 31.8. The summed E-state index contributed by atoms with van der Waals surface area (Å²) < 4.78 is 0. The monoisotopic (exact) mass is 614 g/mol. The Morgan fingerprint density at radius 3 is 2.51 bits per heavy atom. The molecule has 2 atom stereocenters. The zero-order valence-corrected chi connectivity index (χ0v) is 26.7. The molecular formula is C35H46N6O4. The maximum absolute atomic E-state index is 14.2. The Morgan fingerprint density at radius 2 is 1.80 bits per heavy atom. The first kappa shape index (κ1) is 32.5. The number of benzene rings is 1. The van der Waals surface area contributed by atoms with Crippen molar-refractivity contribution in [2.24, 2.45) is 5.92 Å². The van der Waals surface area contributed by atoms with Crippen molar-refractivity contribution in [3.63, 3.8) is 0 Å². The minimum atomic E-state index is -0.868. The number of likely N-dealkylation sites (tertiary alicyclic amines) is 1. The maximum Gasteiger partial charge on any atom is 0.276 e. The van der Waals surface area contributed by atoms with E-state index in [1.165, 1.54) is 16.7 Å². The Balaban J connectivity index is 1.38. The second-order valence-corrected chi connectivity index (χ2v) is 12.6. The summed E-state index contributed by atoms with van der Waals surface area (Å²) in [7, 11) is 2.08. The molecule has 0 bridgehead atoms. The van der Waals surface area contributed by atoms with Crippen LogP contribution in [0.3, 0.4) is 0 Å². The molecule has 4 heterocycles. The normalized spacial score (nSPS) is 21.5. The predicted molar refractivity (Wildman–Crippen MR) is 173 cm³/mol. The second kappa shape index (κ2) is 15.4. The summed E-state index contributed by atoms with van der Waals surface area (Å²) in [5, 5.41) is 4.70. The molecule has 0 spiro atoms. The molecule has 240 valence electrons. The van der Waals surface area contributed by atoms with Gasteiger partial charge in [-0.3, -0.25) is 29.1 Å². The molecule has 0 saturated carbocycles. The third-order valence-electron chi connectivity index (χ3n) is 8.61. The third kappa shape index (κ3) is 8.25. The molecule has 2 aromatic rings. The highest BCUT2D eigenvalue weighted by atomic mass is 16.7. The first-order chi connectivity index (χ1) is 21.8. The molecule has 0 aliphatic carbocycles. The zero-order valence-electron chi connectivity index (χ0n) is 26.7. The largest absolute Gasteiger partial charge is 0.313 e. The highest BCUT2D eigenvalue weighted by Gasteiger charge is 2.49. The van der Waals surface area contributed by atoms with Gasteiger partial charge in [0.25, 0.3) is 11.8 Å². The molecular weight excluding hydrogens is 568 g/mol. The fourth-order valence-corrected chi connectivity index (χ4v) is 6.15. The van der Waals surface area contributed by atoms with Crippen molar-refractivity contribution < 1.29 is 19.2 Å². The average molecular weight is 615 g/mol. The minimum absolute atomic E-state index is 0.0112. The first-order valence-corrected chi connectivity index (χ1v) is 16.2. The maximum atomic E-state index is 14.2. The van der Waals surface area contributed by atoms with E-state index in [0.717, 1.165) is 51.9 Å². The van der Waals surface area contributed by atoms with Gasteiger partial charge in [0, 0.05) is 24.9 Å². The van der Waals surface area contributed by atoms with Crippen molar-refractivity contribution >= 4 is 23.8 Å². The Labute approximate surface area is 266 Å². The molecule has 2 fully saturated rings. The van der Waals surface area contributed by atoms with E-state index in [9.17, 15) is 14.4 Å². The van der Waals surface area contributed by atoms with Crippen molar-refractivity contribution in [3.8, 4) is 0 Å². The summed E-state index contributed by atoms with van der Waals surface area (Å²) in [6.45, 7) is 7.35. The molecule has 3 aliphatic rings. The quantitative estimate of drug-likeness (QED) is 0.283. The average Bonchev–Trinajstić information content (AvgIpc) is 3.04. The van der Waals surface area contributed by atoms with Gasteiger partial charge < -0.3 is 15.1 Å². The topological polar surface area (TPSA) is 98.3 Å². The highest BCUT2D eigenvalue weighted by Crippen LogP contribution is 2.35. The molecule has 0 radical (unpaired) electrons. The van der Waals surface area contributed by atoms with Crippen LogP contribution < -0.4 is 5.32 Å². The number of rotatable bonds is 12. The second-order valence-electron chi connectivity index (χ2n) is 12.6. The molecule has 45 heavy (non-hydrogen) atoms. The first-order valence-electron chi connectivity index (χ1n) is 16.2. The van der Waals surface area contributed by atoms with E-state index >= 15 is 0 Å². The van der Waals surface area contributed by atoms with Crippen molar-refractivity contribution in [1.29, 1.82) is 0 Å². The number of nitrogens with one attached hydrogen (secondary N) is 1. The lowest BCUT2D eigenvalue weighted by atomic mass is 9.97. The van der Waals surface area contributed by atoms with E-state index in [1.54, 1.807) is 28.3 Å². The molecule has 3 amide bonds. The standard InChI is InChI=1S/C35H46N6O4/c1-26(2)23-31-35(44)40-30(14-8-9-19-36-24-27-11-5-4-6-12-27)34(43)39(29-17-21-38(3)22-18-29)25-32(40)41(45-31)33(42)16-15-28-13-7-10-20-37-28/h4-7,10-13,15-16,20,25-26,29-31,36H,8-9,14,17-19,21-24H2,1-3H3/b16-15+/t30-,31+/m0/s1.